The second-order valence-corrected chi connectivity index (χ2v) is 5.31. The maximum absolute atomic E-state index is 4.07. The van der Waals surface area contributed by atoms with E-state index in [2.05, 4.69) is 66.6 Å². The normalized spacial score (nSPS) is 10.6. The van der Waals surface area contributed by atoms with Crippen LogP contribution in [0.4, 0.5) is 5.69 Å². The molecule has 0 radical (unpaired) electrons. The van der Waals surface area contributed by atoms with E-state index in [9.17, 15) is 0 Å². The molecule has 1 heterocycles. The second kappa shape index (κ2) is 5.83. The largest absolute Gasteiger partial charge is 0.381 e. The van der Waals surface area contributed by atoms with Crippen LogP contribution in [0.15, 0.2) is 61.2 Å². The summed E-state index contributed by atoms with van der Waals surface area (Å²) in [5, 5.41) is 3.51. The Morgan fingerprint density at radius 1 is 1.05 bits per heavy atom. The van der Waals surface area contributed by atoms with Crippen LogP contribution in [0.3, 0.4) is 0 Å². The van der Waals surface area contributed by atoms with Crippen LogP contribution in [0.2, 0.25) is 0 Å². The highest BCUT2D eigenvalue weighted by Gasteiger charge is 2.00. The van der Waals surface area contributed by atoms with Crippen molar-refractivity contribution in [3.63, 3.8) is 0 Å². The first-order valence-electron chi connectivity index (χ1n) is 7.11. The van der Waals surface area contributed by atoms with Crippen LogP contribution < -0.4 is 5.32 Å². The van der Waals surface area contributed by atoms with Gasteiger partial charge in [-0.3, -0.25) is 0 Å². The topological polar surface area (TPSA) is 29.9 Å². The zero-order valence-electron chi connectivity index (χ0n) is 12.4. The van der Waals surface area contributed by atoms with E-state index < -0.39 is 0 Å². The number of nitrogens with one attached hydrogen (secondary N) is 1. The Hall–Kier alpha value is -2.55. The molecule has 2 aromatic carbocycles. The molecule has 3 aromatic rings. The number of aryl methyl sites for hydroxylation is 2. The second-order valence-electron chi connectivity index (χ2n) is 5.31. The van der Waals surface area contributed by atoms with Crippen molar-refractivity contribution in [1.82, 2.24) is 9.55 Å². The number of rotatable bonds is 4. The van der Waals surface area contributed by atoms with E-state index in [1.165, 1.54) is 22.4 Å². The third-order valence-electron chi connectivity index (χ3n) is 3.61. The van der Waals surface area contributed by atoms with Gasteiger partial charge in [0, 0.05) is 30.3 Å². The quantitative estimate of drug-likeness (QED) is 0.778. The van der Waals surface area contributed by atoms with Gasteiger partial charge in [0.25, 0.3) is 0 Å². The molecular formula is C18H19N3. The zero-order valence-corrected chi connectivity index (χ0v) is 12.4. The number of hydrogen-bond donors (Lipinski definition) is 1. The van der Waals surface area contributed by atoms with Crippen molar-refractivity contribution in [1.29, 1.82) is 0 Å². The van der Waals surface area contributed by atoms with E-state index >= 15 is 0 Å². The number of hydrogen-bond acceptors (Lipinski definition) is 2. The van der Waals surface area contributed by atoms with Crippen molar-refractivity contribution >= 4 is 5.69 Å². The van der Waals surface area contributed by atoms with Crippen LogP contribution in [0.25, 0.3) is 5.69 Å². The van der Waals surface area contributed by atoms with Crippen LogP contribution in [0.5, 0.6) is 0 Å². The fourth-order valence-corrected chi connectivity index (χ4v) is 2.32. The molecule has 0 atom stereocenters. The smallest absolute Gasteiger partial charge is 0.0991 e. The van der Waals surface area contributed by atoms with E-state index in [0.717, 1.165) is 12.2 Å². The van der Waals surface area contributed by atoms with Crippen LogP contribution in [-0.2, 0) is 6.54 Å². The number of anilines is 1. The van der Waals surface area contributed by atoms with Crippen LogP contribution >= 0.6 is 0 Å². The Labute approximate surface area is 125 Å². The highest BCUT2D eigenvalue weighted by atomic mass is 15.0. The zero-order chi connectivity index (χ0) is 14.7. The third-order valence-corrected chi connectivity index (χ3v) is 3.61. The van der Waals surface area contributed by atoms with Gasteiger partial charge in [0.05, 0.1) is 6.33 Å². The summed E-state index contributed by atoms with van der Waals surface area (Å²) in [6.07, 6.45) is 5.54. The molecule has 0 saturated carbocycles. The summed E-state index contributed by atoms with van der Waals surface area (Å²) in [5.74, 6) is 0. The van der Waals surface area contributed by atoms with Crippen molar-refractivity contribution in [3.8, 4) is 5.69 Å². The standard InChI is InChI=1S/C18H19N3/c1-14-3-4-15(2)18(11-14)20-12-16-5-7-17(8-6-16)21-10-9-19-13-21/h3-11,13,20H,12H2,1-2H3. The van der Waals surface area contributed by atoms with Gasteiger partial charge in [0.2, 0.25) is 0 Å². The van der Waals surface area contributed by atoms with E-state index in [1.54, 1.807) is 6.20 Å². The number of aromatic nitrogens is 2. The first-order valence-corrected chi connectivity index (χ1v) is 7.11. The molecule has 0 spiro atoms. The van der Waals surface area contributed by atoms with E-state index in [1.807, 2.05) is 17.1 Å². The molecule has 1 aromatic heterocycles. The highest BCUT2D eigenvalue weighted by molar-refractivity contribution is 5.52. The summed E-state index contributed by atoms with van der Waals surface area (Å²) >= 11 is 0. The van der Waals surface area contributed by atoms with Gasteiger partial charge < -0.3 is 9.88 Å². The lowest BCUT2D eigenvalue weighted by Gasteiger charge is -2.11. The van der Waals surface area contributed by atoms with E-state index in [4.69, 9.17) is 0 Å². The molecule has 0 amide bonds. The van der Waals surface area contributed by atoms with Crippen molar-refractivity contribution < 1.29 is 0 Å². The minimum atomic E-state index is 0.828. The molecule has 0 aliphatic heterocycles. The Balaban J connectivity index is 1.70. The summed E-state index contributed by atoms with van der Waals surface area (Å²) in [5.41, 5.74) is 6.14. The van der Waals surface area contributed by atoms with E-state index in [-0.39, 0.29) is 0 Å². The summed E-state index contributed by atoms with van der Waals surface area (Å²) in [4.78, 5) is 4.07. The maximum atomic E-state index is 4.07. The molecule has 0 bridgehead atoms. The van der Waals surface area contributed by atoms with Crippen LogP contribution in [-0.4, -0.2) is 9.55 Å². The van der Waals surface area contributed by atoms with Gasteiger partial charge in [-0.1, -0.05) is 24.3 Å². The lowest BCUT2D eigenvalue weighted by molar-refractivity contribution is 1.05. The summed E-state index contributed by atoms with van der Waals surface area (Å²) < 4.78 is 2.00. The first kappa shape index (κ1) is 13.4. The number of nitrogens with zero attached hydrogens (tertiary/aromatic N) is 2. The van der Waals surface area contributed by atoms with Gasteiger partial charge in [-0.05, 0) is 48.7 Å². The molecule has 0 aliphatic carbocycles. The third kappa shape index (κ3) is 3.14. The van der Waals surface area contributed by atoms with Crippen LogP contribution in [0.1, 0.15) is 16.7 Å². The lowest BCUT2D eigenvalue weighted by atomic mass is 10.1. The molecule has 0 fully saturated rings. The monoisotopic (exact) mass is 277 g/mol. The SMILES string of the molecule is Cc1ccc(C)c(NCc2ccc(-n3ccnc3)cc2)c1. The molecule has 0 saturated heterocycles. The molecule has 3 rings (SSSR count). The fourth-order valence-electron chi connectivity index (χ4n) is 2.32. The average molecular weight is 277 g/mol. The van der Waals surface area contributed by atoms with Gasteiger partial charge in [0.15, 0.2) is 0 Å². The summed E-state index contributed by atoms with van der Waals surface area (Å²) in [7, 11) is 0. The fraction of sp³-hybridized carbons (Fsp3) is 0.167. The lowest BCUT2D eigenvalue weighted by Crippen LogP contribution is -2.01. The number of imidazole rings is 1. The molecule has 0 aliphatic rings. The summed E-state index contributed by atoms with van der Waals surface area (Å²) in [6.45, 7) is 5.07. The Morgan fingerprint density at radius 3 is 2.57 bits per heavy atom. The predicted molar refractivity (Wildman–Crippen MR) is 86.8 cm³/mol. The van der Waals surface area contributed by atoms with Gasteiger partial charge in [0.1, 0.15) is 0 Å². The number of benzene rings is 2. The Morgan fingerprint density at radius 2 is 1.86 bits per heavy atom. The minimum absolute atomic E-state index is 0.828. The van der Waals surface area contributed by atoms with Crippen molar-refractivity contribution in [2.24, 2.45) is 0 Å². The molecule has 0 unspecified atom stereocenters. The molecule has 21 heavy (non-hydrogen) atoms. The summed E-state index contributed by atoms with van der Waals surface area (Å²) in [6, 6.07) is 15.0. The molecule has 106 valence electrons. The predicted octanol–water partition coefficient (Wildman–Crippen LogP) is 4.10. The Bertz CT molecular complexity index is 713. The van der Waals surface area contributed by atoms with E-state index in [0.29, 0.717) is 0 Å². The van der Waals surface area contributed by atoms with Crippen molar-refractivity contribution in [3.05, 3.63) is 77.9 Å². The van der Waals surface area contributed by atoms with Crippen LogP contribution in [0, 0.1) is 13.8 Å². The van der Waals surface area contributed by atoms with Gasteiger partial charge in [-0.15, -0.1) is 0 Å². The minimum Gasteiger partial charge on any atom is -0.381 e. The molecule has 1 N–H and O–H groups in total. The molecule has 3 heteroatoms. The maximum Gasteiger partial charge on any atom is 0.0991 e. The Kier molecular flexibility index (Phi) is 3.73. The van der Waals surface area contributed by atoms with Gasteiger partial charge in [-0.2, -0.15) is 0 Å². The van der Waals surface area contributed by atoms with Gasteiger partial charge in [-0.25, -0.2) is 4.98 Å². The first-order chi connectivity index (χ1) is 10.2. The molecule has 3 nitrogen and oxygen atoms in total. The highest BCUT2D eigenvalue weighted by Crippen LogP contribution is 2.18. The van der Waals surface area contributed by atoms with Crippen molar-refractivity contribution in [2.45, 2.75) is 20.4 Å². The average Bonchev–Trinajstić information content (AvgIpc) is 3.03. The van der Waals surface area contributed by atoms with Gasteiger partial charge >= 0.3 is 0 Å². The molecular weight excluding hydrogens is 258 g/mol. The van der Waals surface area contributed by atoms with Crippen molar-refractivity contribution in [2.75, 3.05) is 5.32 Å².